The highest BCUT2D eigenvalue weighted by Crippen LogP contribution is 2.26. The third-order valence-electron chi connectivity index (χ3n) is 4.54. The predicted molar refractivity (Wildman–Crippen MR) is 105 cm³/mol. The molecule has 9 heteroatoms. The van der Waals surface area contributed by atoms with E-state index in [9.17, 15) is 13.9 Å². The van der Waals surface area contributed by atoms with Crippen molar-refractivity contribution in [3.8, 4) is 23.0 Å². The molecule has 2 aromatic heterocycles. The van der Waals surface area contributed by atoms with Crippen LogP contribution in [0, 0.1) is 0 Å². The number of aromatic nitrogens is 4. The minimum absolute atomic E-state index is 0.0503. The molecular weight excluding hydrogens is 394 g/mol. The number of aliphatic hydroxyl groups is 1. The minimum atomic E-state index is -2.89. The maximum atomic E-state index is 12.4. The molecule has 4 aromatic rings. The van der Waals surface area contributed by atoms with Gasteiger partial charge in [-0.05, 0) is 29.8 Å². The first kappa shape index (κ1) is 19.7. The maximum absolute atomic E-state index is 12.4. The number of halogens is 2. The second kappa shape index (κ2) is 8.83. The van der Waals surface area contributed by atoms with Gasteiger partial charge in [-0.2, -0.15) is 8.78 Å². The van der Waals surface area contributed by atoms with Gasteiger partial charge in [0, 0.05) is 11.5 Å². The van der Waals surface area contributed by atoms with Crippen molar-refractivity contribution in [2.45, 2.75) is 12.5 Å². The number of ether oxygens (including phenoxy) is 2. The summed E-state index contributed by atoms with van der Waals surface area (Å²) >= 11 is 0. The third-order valence-corrected chi connectivity index (χ3v) is 4.54. The van der Waals surface area contributed by atoms with Crippen molar-refractivity contribution in [1.29, 1.82) is 0 Å². The molecule has 0 bridgehead atoms. The van der Waals surface area contributed by atoms with Crippen LogP contribution in [0.3, 0.4) is 0 Å². The van der Waals surface area contributed by atoms with Crippen molar-refractivity contribution in [2.75, 3.05) is 13.2 Å². The Bertz CT molecular complexity index is 1100. The van der Waals surface area contributed by atoms with Crippen molar-refractivity contribution in [3.63, 3.8) is 0 Å². The largest absolute Gasteiger partial charge is 0.477 e. The van der Waals surface area contributed by atoms with Gasteiger partial charge in [0.25, 0.3) is 0 Å². The molecule has 0 saturated carbocycles. The molecule has 4 rings (SSSR count). The molecule has 30 heavy (non-hydrogen) atoms. The van der Waals surface area contributed by atoms with Crippen LogP contribution in [0.25, 0.3) is 17.0 Å². The van der Waals surface area contributed by atoms with Gasteiger partial charge in [0.2, 0.25) is 5.88 Å². The predicted octanol–water partition coefficient (Wildman–Crippen LogP) is 3.55. The molecule has 1 N–H and O–H groups in total. The Balaban J connectivity index is 1.61. The summed E-state index contributed by atoms with van der Waals surface area (Å²) in [4.78, 5) is 4.13. The maximum Gasteiger partial charge on any atom is 0.387 e. The number of benzene rings is 2. The van der Waals surface area contributed by atoms with Crippen LogP contribution >= 0.6 is 0 Å². The number of rotatable bonds is 8. The second-order valence-corrected chi connectivity index (χ2v) is 6.47. The highest BCUT2D eigenvalue weighted by molar-refractivity contribution is 5.61. The zero-order valence-corrected chi connectivity index (χ0v) is 15.7. The van der Waals surface area contributed by atoms with Gasteiger partial charge in [0.15, 0.2) is 11.5 Å². The topological polar surface area (TPSA) is 81.8 Å². The number of alkyl halides is 2. The SMILES string of the molecule is OCC(COc1cncc2nnc(-c3ccc(OC(F)F)cc3)n12)c1ccccc1. The highest BCUT2D eigenvalue weighted by Gasteiger charge is 2.16. The van der Waals surface area contributed by atoms with Crippen LogP contribution in [-0.2, 0) is 0 Å². The first-order valence-electron chi connectivity index (χ1n) is 9.18. The Labute approximate surface area is 170 Å². The Morgan fingerprint density at radius 3 is 2.43 bits per heavy atom. The molecule has 7 nitrogen and oxygen atoms in total. The molecule has 1 atom stereocenters. The lowest BCUT2D eigenvalue weighted by Gasteiger charge is -2.16. The molecule has 0 saturated heterocycles. The fourth-order valence-corrected chi connectivity index (χ4v) is 3.06. The molecule has 0 radical (unpaired) electrons. The van der Waals surface area contributed by atoms with E-state index in [-0.39, 0.29) is 24.9 Å². The number of aliphatic hydroxyl groups excluding tert-OH is 1. The van der Waals surface area contributed by atoms with Gasteiger partial charge in [0.05, 0.1) is 25.6 Å². The zero-order valence-electron chi connectivity index (χ0n) is 15.7. The fraction of sp³-hybridized carbons (Fsp3) is 0.190. The smallest absolute Gasteiger partial charge is 0.387 e. The van der Waals surface area contributed by atoms with E-state index in [0.717, 1.165) is 5.56 Å². The molecule has 0 spiro atoms. The van der Waals surface area contributed by atoms with Crippen LogP contribution in [0.15, 0.2) is 67.0 Å². The van der Waals surface area contributed by atoms with E-state index in [1.54, 1.807) is 22.7 Å². The molecule has 2 heterocycles. The molecule has 1 unspecified atom stereocenters. The molecule has 0 aliphatic carbocycles. The monoisotopic (exact) mass is 412 g/mol. The van der Waals surface area contributed by atoms with E-state index >= 15 is 0 Å². The average Bonchev–Trinajstić information content (AvgIpc) is 3.20. The summed E-state index contributed by atoms with van der Waals surface area (Å²) in [5.74, 6) is 0.697. The number of hydrogen-bond acceptors (Lipinski definition) is 6. The van der Waals surface area contributed by atoms with E-state index in [4.69, 9.17) is 4.74 Å². The van der Waals surface area contributed by atoms with Gasteiger partial charge in [-0.15, -0.1) is 10.2 Å². The second-order valence-electron chi connectivity index (χ2n) is 6.47. The molecular formula is C21H18F2N4O3. The quantitative estimate of drug-likeness (QED) is 0.477. The van der Waals surface area contributed by atoms with Crippen molar-refractivity contribution < 1.29 is 23.4 Å². The molecule has 2 aromatic carbocycles. The van der Waals surface area contributed by atoms with Crippen molar-refractivity contribution in [1.82, 2.24) is 19.6 Å². The van der Waals surface area contributed by atoms with E-state index in [1.807, 2.05) is 30.3 Å². The van der Waals surface area contributed by atoms with Crippen molar-refractivity contribution >= 4 is 5.65 Å². The third kappa shape index (κ3) is 4.20. The lowest BCUT2D eigenvalue weighted by atomic mass is 10.0. The number of nitrogens with zero attached hydrogens (tertiary/aromatic N) is 4. The van der Waals surface area contributed by atoms with E-state index in [0.29, 0.717) is 22.9 Å². The minimum Gasteiger partial charge on any atom is -0.477 e. The Morgan fingerprint density at radius 2 is 1.73 bits per heavy atom. The normalized spacial score (nSPS) is 12.3. The van der Waals surface area contributed by atoms with Gasteiger partial charge >= 0.3 is 6.61 Å². The van der Waals surface area contributed by atoms with Crippen molar-refractivity contribution in [2.24, 2.45) is 0 Å². The average molecular weight is 412 g/mol. The zero-order chi connectivity index (χ0) is 20.9. The summed E-state index contributed by atoms with van der Waals surface area (Å²) in [6.07, 6.45) is 3.08. The van der Waals surface area contributed by atoms with Crippen LogP contribution in [0.4, 0.5) is 8.78 Å². The summed E-state index contributed by atoms with van der Waals surface area (Å²) in [7, 11) is 0. The molecule has 154 valence electrons. The van der Waals surface area contributed by atoms with Crippen LogP contribution in [0.1, 0.15) is 11.5 Å². The van der Waals surface area contributed by atoms with E-state index in [2.05, 4.69) is 19.9 Å². The number of fused-ring (bicyclic) bond motifs is 1. The van der Waals surface area contributed by atoms with Gasteiger partial charge in [0.1, 0.15) is 5.75 Å². The Morgan fingerprint density at radius 1 is 0.967 bits per heavy atom. The van der Waals surface area contributed by atoms with Crippen molar-refractivity contribution in [3.05, 3.63) is 72.6 Å². The molecule has 0 amide bonds. The summed E-state index contributed by atoms with van der Waals surface area (Å²) in [5, 5.41) is 18.0. The molecule has 0 aliphatic heterocycles. The van der Waals surface area contributed by atoms with Crippen LogP contribution in [0.2, 0.25) is 0 Å². The number of hydrogen-bond donors (Lipinski definition) is 1. The summed E-state index contributed by atoms with van der Waals surface area (Å²) < 4.78 is 36.8. The van der Waals surface area contributed by atoms with Crippen LogP contribution in [0.5, 0.6) is 11.6 Å². The van der Waals surface area contributed by atoms with Gasteiger partial charge in [-0.25, -0.2) is 4.40 Å². The summed E-state index contributed by atoms with van der Waals surface area (Å²) in [5.41, 5.74) is 2.07. The first-order valence-corrected chi connectivity index (χ1v) is 9.18. The Kier molecular flexibility index (Phi) is 5.80. The standard InChI is InChI=1S/C21H18F2N4O3/c22-21(23)30-17-8-6-15(7-9-17)20-26-25-18-10-24-11-19(27(18)20)29-13-16(12-28)14-4-2-1-3-5-14/h1-11,16,21,28H,12-13H2. The summed E-state index contributed by atoms with van der Waals surface area (Å²) in [6, 6.07) is 15.6. The first-order chi connectivity index (χ1) is 14.7. The summed E-state index contributed by atoms with van der Waals surface area (Å²) in [6.45, 7) is -2.74. The van der Waals surface area contributed by atoms with Gasteiger partial charge in [-0.3, -0.25) is 4.98 Å². The fourth-order valence-electron chi connectivity index (χ4n) is 3.06. The van der Waals surface area contributed by atoms with Gasteiger partial charge in [-0.1, -0.05) is 30.3 Å². The lowest BCUT2D eigenvalue weighted by molar-refractivity contribution is -0.0498. The van der Waals surface area contributed by atoms with E-state index in [1.165, 1.54) is 18.3 Å². The Hall–Kier alpha value is -3.59. The molecule has 0 aliphatic rings. The van der Waals surface area contributed by atoms with E-state index < -0.39 is 6.61 Å². The van der Waals surface area contributed by atoms with Crippen LogP contribution < -0.4 is 9.47 Å². The molecule has 0 fully saturated rings. The van der Waals surface area contributed by atoms with Gasteiger partial charge < -0.3 is 14.6 Å². The highest BCUT2D eigenvalue weighted by atomic mass is 19.3. The lowest BCUT2D eigenvalue weighted by Crippen LogP contribution is -2.15. The van der Waals surface area contributed by atoms with Crippen LogP contribution in [-0.4, -0.2) is 44.5 Å².